The molecule has 21 heavy (non-hydrogen) atoms. The van der Waals surface area contributed by atoms with E-state index in [-0.39, 0.29) is 0 Å². The molecule has 0 aliphatic rings. The Morgan fingerprint density at radius 3 is 2.81 bits per heavy atom. The number of fused-ring (bicyclic) bond motifs is 3. The highest BCUT2D eigenvalue weighted by Crippen LogP contribution is 2.23. The molecular weight excluding hydrogens is 260 g/mol. The van der Waals surface area contributed by atoms with Gasteiger partial charge < -0.3 is 4.57 Å². The number of hydrogen-bond donors (Lipinski definition) is 0. The predicted molar refractivity (Wildman–Crippen MR) is 83.0 cm³/mol. The molecule has 3 aromatic heterocycles. The SMILES string of the molecule is Cc1cc[n+](C)c(-c2cn3c4ccccc4nc3n2C)c1. The first-order chi connectivity index (χ1) is 10.1. The van der Waals surface area contributed by atoms with Crippen LogP contribution in [-0.2, 0) is 14.1 Å². The van der Waals surface area contributed by atoms with Gasteiger partial charge in [0.1, 0.15) is 12.7 Å². The van der Waals surface area contributed by atoms with E-state index < -0.39 is 0 Å². The third kappa shape index (κ3) is 1.69. The minimum Gasteiger partial charge on any atom is -0.308 e. The van der Waals surface area contributed by atoms with Gasteiger partial charge in [-0.3, -0.25) is 4.40 Å². The van der Waals surface area contributed by atoms with Crippen LogP contribution in [0.4, 0.5) is 0 Å². The molecule has 4 aromatic rings. The maximum Gasteiger partial charge on any atom is 0.230 e. The molecule has 0 fully saturated rings. The van der Waals surface area contributed by atoms with Crippen LogP contribution in [0.1, 0.15) is 5.56 Å². The normalized spacial score (nSPS) is 11.6. The molecule has 0 bridgehead atoms. The molecule has 104 valence electrons. The van der Waals surface area contributed by atoms with Crippen molar-refractivity contribution in [2.75, 3.05) is 0 Å². The van der Waals surface area contributed by atoms with E-state index in [1.165, 1.54) is 11.3 Å². The Morgan fingerprint density at radius 2 is 1.95 bits per heavy atom. The van der Waals surface area contributed by atoms with Crippen molar-refractivity contribution in [1.29, 1.82) is 0 Å². The van der Waals surface area contributed by atoms with Crippen LogP contribution in [0.25, 0.3) is 28.2 Å². The van der Waals surface area contributed by atoms with Crippen LogP contribution in [-0.4, -0.2) is 14.0 Å². The summed E-state index contributed by atoms with van der Waals surface area (Å²) in [5.74, 6) is 0.965. The second kappa shape index (κ2) is 4.19. The van der Waals surface area contributed by atoms with Crippen LogP contribution in [0.5, 0.6) is 0 Å². The first-order valence-electron chi connectivity index (χ1n) is 7.04. The lowest BCUT2D eigenvalue weighted by Gasteiger charge is -2.02. The second-order valence-corrected chi connectivity index (χ2v) is 5.54. The van der Waals surface area contributed by atoms with Gasteiger partial charge in [-0.15, -0.1) is 0 Å². The number of aromatic nitrogens is 4. The fraction of sp³-hybridized carbons (Fsp3) is 0.176. The number of hydrogen-bond acceptors (Lipinski definition) is 1. The van der Waals surface area contributed by atoms with Crippen LogP contribution in [0.2, 0.25) is 0 Å². The van der Waals surface area contributed by atoms with Gasteiger partial charge in [0.15, 0.2) is 6.20 Å². The van der Waals surface area contributed by atoms with Crippen molar-refractivity contribution < 1.29 is 4.57 Å². The molecule has 4 rings (SSSR count). The summed E-state index contributed by atoms with van der Waals surface area (Å²) in [6, 6.07) is 12.6. The Balaban J connectivity index is 2.06. The number of nitrogens with zero attached hydrogens (tertiary/aromatic N) is 4. The standard InChI is InChI=1S/C17H17N4/c1-12-8-9-19(2)15(10-12)16-11-21-14-7-5-4-6-13(14)18-17(21)20(16)3/h4-11H,1-3H3/q+1. The summed E-state index contributed by atoms with van der Waals surface area (Å²) in [5.41, 5.74) is 5.78. The Morgan fingerprint density at radius 1 is 1.14 bits per heavy atom. The van der Waals surface area contributed by atoms with E-state index in [0.717, 1.165) is 22.5 Å². The topological polar surface area (TPSA) is 26.1 Å². The average Bonchev–Trinajstić information content (AvgIpc) is 2.99. The number of imidazole rings is 2. The van der Waals surface area contributed by atoms with E-state index in [1.807, 2.05) is 6.07 Å². The van der Waals surface area contributed by atoms with Crippen molar-refractivity contribution in [2.24, 2.45) is 14.1 Å². The molecule has 0 radical (unpaired) electrons. The first kappa shape index (κ1) is 12.1. The number of benzene rings is 1. The summed E-state index contributed by atoms with van der Waals surface area (Å²) in [6.45, 7) is 2.12. The van der Waals surface area contributed by atoms with Crippen molar-refractivity contribution in [3.8, 4) is 11.4 Å². The summed E-state index contributed by atoms with van der Waals surface area (Å²) >= 11 is 0. The fourth-order valence-electron chi connectivity index (χ4n) is 2.88. The molecule has 0 saturated carbocycles. The quantitative estimate of drug-likeness (QED) is 0.491. The summed E-state index contributed by atoms with van der Waals surface area (Å²) in [7, 11) is 4.14. The molecular formula is C17H17N4+. The second-order valence-electron chi connectivity index (χ2n) is 5.54. The average molecular weight is 277 g/mol. The summed E-state index contributed by atoms with van der Waals surface area (Å²) in [4.78, 5) is 4.73. The molecule has 0 aliphatic carbocycles. The van der Waals surface area contributed by atoms with Gasteiger partial charge in [0.25, 0.3) is 0 Å². The van der Waals surface area contributed by atoms with Crippen molar-refractivity contribution in [3.05, 3.63) is 54.4 Å². The van der Waals surface area contributed by atoms with Crippen molar-refractivity contribution in [2.45, 2.75) is 6.92 Å². The van der Waals surface area contributed by atoms with Gasteiger partial charge >= 0.3 is 0 Å². The third-order valence-corrected chi connectivity index (χ3v) is 4.06. The highest BCUT2D eigenvalue weighted by atomic mass is 15.2. The molecule has 4 nitrogen and oxygen atoms in total. The van der Waals surface area contributed by atoms with E-state index in [0.29, 0.717) is 0 Å². The largest absolute Gasteiger partial charge is 0.308 e. The minimum atomic E-state index is 0.965. The Bertz CT molecular complexity index is 975. The van der Waals surface area contributed by atoms with Gasteiger partial charge in [-0.05, 0) is 24.6 Å². The van der Waals surface area contributed by atoms with Crippen LogP contribution in [0.15, 0.2) is 48.8 Å². The summed E-state index contributed by atoms with van der Waals surface area (Å²) in [5, 5.41) is 0. The Hall–Kier alpha value is -2.62. The van der Waals surface area contributed by atoms with Gasteiger partial charge in [0, 0.05) is 25.4 Å². The molecule has 0 unspecified atom stereocenters. The van der Waals surface area contributed by atoms with Crippen molar-refractivity contribution in [1.82, 2.24) is 14.0 Å². The lowest BCUT2D eigenvalue weighted by atomic mass is 10.2. The molecule has 0 aliphatic heterocycles. The third-order valence-electron chi connectivity index (χ3n) is 4.06. The number of pyridine rings is 1. The van der Waals surface area contributed by atoms with E-state index in [4.69, 9.17) is 4.98 Å². The molecule has 0 amide bonds. The molecule has 0 atom stereocenters. The molecule has 3 heterocycles. The van der Waals surface area contributed by atoms with Gasteiger partial charge in [-0.2, -0.15) is 4.57 Å². The molecule has 0 spiro atoms. The summed E-state index contributed by atoms with van der Waals surface area (Å²) < 4.78 is 6.45. The highest BCUT2D eigenvalue weighted by Gasteiger charge is 2.18. The van der Waals surface area contributed by atoms with Crippen molar-refractivity contribution in [3.63, 3.8) is 0 Å². The maximum atomic E-state index is 4.73. The Labute approximate surface area is 122 Å². The van der Waals surface area contributed by atoms with Crippen LogP contribution >= 0.6 is 0 Å². The first-order valence-corrected chi connectivity index (χ1v) is 7.04. The van der Waals surface area contributed by atoms with E-state index in [2.05, 4.69) is 77.3 Å². The van der Waals surface area contributed by atoms with Crippen LogP contribution in [0, 0.1) is 6.92 Å². The highest BCUT2D eigenvalue weighted by molar-refractivity contribution is 5.80. The predicted octanol–water partition coefficient (Wildman–Crippen LogP) is 2.63. The minimum absolute atomic E-state index is 0.965. The van der Waals surface area contributed by atoms with Crippen LogP contribution < -0.4 is 4.57 Å². The van der Waals surface area contributed by atoms with E-state index in [9.17, 15) is 0 Å². The zero-order valence-corrected chi connectivity index (χ0v) is 12.4. The van der Waals surface area contributed by atoms with E-state index >= 15 is 0 Å². The number of rotatable bonds is 1. The zero-order chi connectivity index (χ0) is 14.6. The van der Waals surface area contributed by atoms with Gasteiger partial charge in [-0.25, -0.2) is 4.98 Å². The maximum absolute atomic E-state index is 4.73. The molecule has 0 saturated heterocycles. The fourth-order valence-corrected chi connectivity index (χ4v) is 2.88. The van der Waals surface area contributed by atoms with Gasteiger partial charge in [0.05, 0.1) is 11.0 Å². The molecule has 0 N–H and O–H groups in total. The Kier molecular flexibility index (Phi) is 2.42. The zero-order valence-electron chi connectivity index (χ0n) is 12.4. The van der Waals surface area contributed by atoms with E-state index in [1.54, 1.807) is 0 Å². The van der Waals surface area contributed by atoms with Crippen molar-refractivity contribution >= 4 is 16.8 Å². The smallest absolute Gasteiger partial charge is 0.230 e. The lowest BCUT2D eigenvalue weighted by molar-refractivity contribution is -0.660. The lowest BCUT2D eigenvalue weighted by Crippen LogP contribution is -2.31. The number of aryl methyl sites for hydroxylation is 3. The van der Waals surface area contributed by atoms with Crippen LogP contribution in [0.3, 0.4) is 0 Å². The molecule has 1 aromatic carbocycles. The monoisotopic (exact) mass is 277 g/mol. The van der Waals surface area contributed by atoms with Gasteiger partial charge in [-0.1, -0.05) is 12.1 Å². The summed E-state index contributed by atoms with van der Waals surface area (Å²) in [6.07, 6.45) is 4.26. The molecule has 4 heteroatoms. The number of para-hydroxylation sites is 2. The van der Waals surface area contributed by atoms with Gasteiger partial charge in [0.2, 0.25) is 11.5 Å².